The van der Waals surface area contributed by atoms with Crippen LogP contribution in [0.15, 0.2) is 24.3 Å². The second-order valence-electron chi connectivity index (χ2n) is 4.99. The molecule has 0 aliphatic heterocycles. The molecule has 1 aliphatic carbocycles. The molecule has 1 fully saturated rings. The van der Waals surface area contributed by atoms with Crippen LogP contribution in [0.4, 0.5) is 10.5 Å². The molecule has 3 N–H and O–H groups in total. The summed E-state index contributed by atoms with van der Waals surface area (Å²) < 4.78 is 10.5. The maximum absolute atomic E-state index is 11.7. The number of amides is 3. The van der Waals surface area contributed by atoms with Crippen LogP contribution in [0.2, 0.25) is 0 Å². The molecule has 0 bridgehead atoms. The van der Waals surface area contributed by atoms with Gasteiger partial charge in [0.25, 0.3) is 0 Å². The highest BCUT2D eigenvalue weighted by molar-refractivity contribution is 5.96. The Balaban J connectivity index is 1.77. The molecule has 7 heteroatoms. The van der Waals surface area contributed by atoms with Gasteiger partial charge in [0.05, 0.1) is 18.8 Å². The van der Waals surface area contributed by atoms with E-state index in [1.807, 2.05) is 12.1 Å². The highest BCUT2D eigenvalue weighted by Gasteiger charge is 2.23. The number of para-hydroxylation sites is 2. The first-order chi connectivity index (χ1) is 10.7. The molecule has 1 aromatic carbocycles. The third-order valence-electron chi connectivity index (χ3n) is 3.04. The summed E-state index contributed by atoms with van der Waals surface area (Å²) in [5, 5.41) is 7.93. The first-order valence-electron chi connectivity index (χ1n) is 7.24. The number of imide groups is 1. The summed E-state index contributed by atoms with van der Waals surface area (Å²) in [7, 11) is 1.60. The van der Waals surface area contributed by atoms with Gasteiger partial charge in [0, 0.05) is 13.2 Å². The largest absolute Gasteiger partial charge is 0.489 e. The quantitative estimate of drug-likeness (QED) is 0.626. The molecule has 1 aromatic rings. The van der Waals surface area contributed by atoms with E-state index in [0.29, 0.717) is 24.7 Å². The van der Waals surface area contributed by atoms with Gasteiger partial charge >= 0.3 is 6.03 Å². The molecular weight excluding hydrogens is 286 g/mol. The normalized spacial score (nSPS) is 13.3. The van der Waals surface area contributed by atoms with Gasteiger partial charge in [-0.05, 0) is 25.0 Å². The average Bonchev–Trinajstić information content (AvgIpc) is 3.30. The van der Waals surface area contributed by atoms with Gasteiger partial charge in [-0.15, -0.1) is 0 Å². The van der Waals surface area contributed by atoms with E-state index in [-0.39, 0.29) is 12.6 Å². The van der Waals surface area contributed by atoms with Gasteiger partial charge < -0.3 is 20.1 Å². The van der Waals surface area contributed by atoms with Gasteiger partial charge in [0.15, 0.2) is 0 Å². The van der Waals surface area contributed by atoms with Crippen molar-refractivity contribution < 1.29 is 19.1 Å². The zero-order chi connectivity index (χ0) is 15.8. The Morgan fingerprint density at radius 3 is 2.73 bits per heavy atom. The number of rotatable bonds is 8. The van der Waals surface area contributed by atoms with E-state index in [9.17, 15) is 9.59 Å². The van der Waals surface area contributed by atoms with Crippen molar-refractivity contribution in [2.75, 3.05) is 32.2 Å². The van der Waals surface area contributed by atoms with Crippen molar-refractivity contribution in [3.63, 3.8) is 0 Å². The number of urea groups is 1. The first kappa shape index (κ1) is 16.1. The third kappa shape index (κ3) is 5.61. The molecule has 0 spiro atoms. The molecule has 7 nitrogen and oxygen atoms in total. The lowest BCUT2D eigenvalue weighted by Gasteiger charge is -2.13. The molecule has 0 unspecified atom stereocenters. The van der Waals surface area contributed by atoms with Crippen LogP contribution >= 0.6 is 0 Å². The van der Waals surface area contributed by atoms with E-state index >= 15 is 0 Å². The summed E-state index contributed by atoms with van der Waals surface area (Å²) in [4.78, 5) is 23.2. The maximum Gasteiger partial charge on any atom is 0.321 e. The van der Waals surface area contributed by atoms with Crippen LogP contribution in [0.25, 0.3) is 0 Å². The number of methoxy groups -OCH3 is 1. The van der Waals surface area contributed by atoms with Crippen molar-refractivity contribution in [2.24, 2.45) is 0 Å². The molecule has 2 rings (SSSR count). The summed E-state index contributed by atoms with van der Waals surface area (Å²) in [5.41, 5.74) is 0.691. The van der Waals surface area contributed by atoms with Gasteiger partial charge in [-0.25, -0.2) is 4.79 Å². The van der Waals surface area contributed by atoms with Crippen molar-refractivity contribution >= 4 is 17.6 Å². The Labute approximate surface area is 129 Å². The van der Waals surface area contributed by atoms with Gasteiger partial charge in [-0.1, -0.05) is 12.1 Å². The van der Waals surface area contributed by atoms with Crippen LogP contribution < -0.4 is 20.7 Å². The van der Waals surface area contributed by atoms with Crippen molar-refractivity contribution in [3.05, 3.63) is 24.3 Å². The maximum atomic E-state index is 11.7. The molecule has 22 heavy (non-hydrogen) atoms. The van der Waals surface area contributed by atoms with E-state index in [4.69, 9.17) is 9.47 Å². The number of carbonyl (C=O) groups excluding carboxylic acids is 2. The minimum atomic E-state index is -0.445. The molecule has 1 saturated carbocycles. The Morgan fingerprint density at radius 2 is 2.00 bits per heavy atom. The predicted molar refractivity (Wildman–Crippen MR) is 82.0 cm³/mol. The van der Waals surface area contributed by atoms with Gasteiger partial charge in [0.1, 0.15) is 12.4 Å². The molecule has 0 radical (unpaired) electrons. The number of ether oxygens (including phenoxy) is 2. The Morgan fingerprint density at radius 1 is 1.23 bits per heavy atom. The van der Waals surface area contributed by atoms with Crippen LogP contribution in [-0.4, -0.2) is 44.8 Å². The fourth-order valence-electron chi connectivity index (χ4n) is 1.77. The summed E-state index contributed by atoms with van der Waals surface area (Å²) in [6.45, 7) is 0.893. The van der Waals surface area contributed by atoms with E-state index in [1.165, 1.54) is 0 Å². The van der Waals surface area contributed by atoms with Crippen molar-refractivity contribution in [3.8, 4) is 5.75 Å². The van der Waals surface area contributed by atoms with Crippen LogP contribution in [-0.2, 0) is 9.53 Å². The fourth-order valence-corrected chi connectivity index (χ4v) is 1.77. The standard InChI is InChI=1S/C15H21N3O4/c1-21-8-9-22-13-5-3-2-4-12(13)16-10-14(19)18-15(20)17-11-6-7-11/h2-5,11,16H,6-10H2,1H3,(H2,17,18,19,20). The smallest absolute Gasteiger partial charge is 0.321 e. The minimum absolute atomic E-state index is 0.0112. The second-order valence-corrected chi connectivity index (χ2v) is 4.99. The van der Waals surface area contributed by atoms with Gasteiger partial charge in [-0.2, -0.15) is 0 Å². The third-order valence-corrected chi connectivity index (χ3v) is 3.04. The minimum Gasteiger partial charge on any atom is -0.489 e. The lowest BCUT2D eigenvalue weighted by atomic mass is 10.3. The summed E-state index contributed by atoms with van der Waals surface area (Å²) in [6.07, 6.45) is 1.96. The van der Waals surface area contributed by atoms with Crippen LogP contribution in [0.3, 0.4) is 0 Å². The summed E-state index contributed by atoms with van der Waals surface area (Å²) in [5.74, 6) is 0.236. The number of hydrogen-bond donors (Lipinski definition) is 3. The number of anilines is 1. The SMILES string of the molecule is COCCOc1ccccc1NCC(=O)NC(=O)NC1CC1. The molecule has 1 aliphatic rings. The molecule has 120 valence electrons. The predicted octanol–water partition coefficient (Wildman–Crippen LogP) is 1.11. The molecule has 0 saturated heterocycles. The summed E-state index contributed by atoms with van der Waals surface area (Å²) in [6, 6.07) is 7.06. The van der Waals surface area contributed by atoms with Crippen LogP contribution in [0.1, 0.15) is 12.8 Å². The highest BCUT2D eigenvalue weighted by atomic mass is 16.5. The Hall–Kier alpha value is -2.28. The van der Waals surface area contributed by atoms with Crippen LogP contribution in [0.5, 0.6) is 5.75 Å². The molecular formula is C15H21N3O4. The Kier molecular flexibility index (Phi) is 6.02. The van der Waals surface area contributed by atoms with Crippen LogP contribution in [0, 0.1) is 0 Å². The van der Waals surface area contributed by atoms with Crippen molar-refractivity contribution in [2.45, 2.75) is 18.9 Å². The number of hydrogen-bond acceptors (Lipinski definition) is 5. The Bertz CT molecular complexity index is 517. The zero-order valence-electron chi connectivity index (χ0n) is 12.6. The fraction of sp³-hybridized carbons (Fsp3) is 0.467. The van der Waals surface area contributed by atoms with Gasteiger partial charge in [0.2, 0.25) is 5.91 Å². The average molecular weight is 307 g/mol. The lowest BCUT2D eigenvalue weighted by molar-refractivity contribution is -0.118. The molecule has 0 atom stereocenters. The monoisotopic (exact) mass is 307 g/mol. The highest BCUT2D eigenvalue weighted by Crippen LogP contribution is 2.23. The lowest BCUT2D eigenvalue weighted by Crippen LogP contribution is -2.42. The molecule has 0 heterocycles. The first-order valence-corrected chi connectivity index (χ1v) is 7.24. The second kappa shape index (κ2) is 8.23. The van der Waals surface area contributed by atoms with E-state index in [2.05, 4.69) is 16.0 Å². The zero-order valence-corrected chi connectivity index (χ0v) is 12.6. The van der Waals surface area contributed by atoms with Crippen molar-refractivity contribution in [1.29, 1.82) is 0 Å². The topological polar surface area (TPSA) is 88.7 Å². The summed E-state index contributed by atoms with van der Waals surface area (Å²) >= 11 is 0. The van der Waals surface area contributed by atoms with E-state index in [1.54, 1.807) is 19.2 Å². The molecule has 3 amide bonds. The van der Waals surface area contributed by atoms with Crippen molar-refractivity contribution in [1.82, 2.24) is 10.6 Å². The number of benzene rings is 1. The van der Waals surface area contributed by atoms with E-state index in [0.717, 1.165) is 12.8 Å². The van der Waals surface area contributed by atoms with E-state index < -0.39 is 11.9 Å². The number of carbonyl (C=O) groups is 2. The molecule has 0 aromatic heterocycles. The number of nitrogens with one attached hydrogen (secondary N) is 3. The van der Waals surface area contributed by atoms with Gasteiger partial charge in [-0.3, -0.25) is 10.1 Å².